The molecule has 0 aliphatic heterocycles. The van der Waals surface area contributed by atoms with Gasteiger partial charge in [-0.05, 0) is 45.9 Å². The van der Waals surface area contributed by atoms with Crippen LogP contribution in [0.15, 0.2) is 24.3 Å². The van der Waals surface area contributed by atoms with E-state index in [2.05, 4.69) is 4.72 Å². The topological polar surface area (TPSA) is 84.7 Å². The van der Waals surface area contributed by atoms with Crippen molar-refractivity contribution in [2.24, 2.45) is 5.73 Å². The Labute approximate surface area is 127 Å². The molecular formula is C14H25N3O3S. The minimum Gasteiger partial charge on any atom is -0.497 e. The Morgan fingerprint density at radius 1 is 1.33 bits per heavy atom. The van der Waals surface area contributed by atoms with Gasteiger partial charge >= 0.3 is 10.2 Å². The summed E-state index contributed by atoms with van der Waals surface area (Å²) in [5.74, 6) is 0.608. The third kappa shape index (κ3) is 5.53. The standard InChI is InChI=1S/C14H25N3O3S/c1-14(2,3)16-21(18,19)17(10-6-9-15)12-7-5-8-13(11-12)20-4/h5,7-8,11,16H,6,9-10,15H2,1-4H3. The number of nitrogens with two attached hydrogens (primary N) is 1. The summed E-state index contributed by atoms with van der Waals surface area (Å²) in [6, 6.07) is 6.96. The Balaban J connectivity index is 3.15. The lowest BCUT2D eigenvalue weighted by molar-refractivity contribution is 0.415. The lowest BCUT2D eigenvalue weighted by Gasteiger charge is -2.29. The first-order chi connectivity index (χ1) is 9.69. The quantitative estimate of drug-likeness (QED) is 0.798. The first kappa shape index (κ1) is 17.7. The summed E-state index contributed by atoms with van der Waals surface area (Å²) >= 11 is 0. The van der Waals surface area contributed by atoms with Gasteiger partial charge in [-0.3, -0.25) is 4.31 Å². The van der Waals surface area contributed by atoms with Crippen molar-refractivity contribution in [1.29, 1.82) is 0 Å². The highest BCUT2D eigenvalue weighted by atomic mass is 32.2. The molecule has 0 heterocycles. The second kappa shape index (κ2) is 7.11. The van der Waals surface area contributed by atoms with Crippen molar-refractivity contribution in [1.82, 2.24) is 4.72 Å². The van der Waals surface area contributed by atoms with E-state index in [-0.39, 0.29) is 0 Å². The van der Waals surface area contributed by atoms with E-state index in [4.69, 9.17) is 10.5 Å². The predicted octanol–water partition coefficient (Wildman–Crippen LogP) is 1.48. The van der Waals surface area contributed by atoms with Gasteiger partial charge < -0.3 is 10.5 Å². The Kier molecular flexibility index (Phi) is 6.00. The third-order valence-corrected chi connectivity index (χ3v) is 4.48. The van der Waals surface area contributed by atoms with Crippen LogP contribution in [0.4, 0.5) is 5.69 Å². The summed E-state index contributed by atoms with van der Waals surface area (Å²) < 4.78 is 34.3. The number of nitrogens with one attached hydrogen (secondary N) is 1. The van der Waals surface area contributed by atoms with Crippen molar-refractivity contribution < 1.29 is 13.2 Å². The zero-order valence-electron chi connectivity index (χ0n) is 13.1. The van der Waals surface area contributed by atoms with Gasteiger partial charge in [0.2, 0.25) is 0 Å². The number of rotatable bonds is 7. The zero-order chi connectivity index (χ0) is 16.1. The van der Waals surface area contributed by atoms with E-state index < -0.39 is 15.7 Å². The molecule has 0 fully saturated rings. The molecule has 0 aliphatic carbocycles. The lowest BCUT2D eigenvalue weighted by Crippen LogP contribution is -2.49. The van der Waals surface area contributed by atoms with Crippen molar-refractivity contribution in [2.45, 2.75) is 32.7 Å². The first-order valence-corrected chi connectivity index (χ1v) is 8.29. The molecule has 0 aromatic heterocycles. The van der Waals surface area contributed by atoms with Crippen LogP contribution in [0.5, 0.6) is 5.75 Å². The van der Waals surface area contributed by atoms with E-state index >= 15 is 0 Å². The molecule has 0 saturated heterocycles. The molecule has 0 unspecified atom stereocenters. The molecule has 6 nitrogen and oxygen atoms in total. The largest absolute Gasteiger partial charge is 0.497 e. The van der Waals surface area contributed by atoms with Gasteiger partial charge in [0.05, 0.1) is 12.8 Å². The SMILES string of the molecule is COc1cccc(N(CCCN)S(=O)(=O)NC(C)(C)C)c1. The molecule has 0 bridgehead atoms. The van der Waals surface area contributed by atoms with Crippen molar-refractivity contribution in [3.8, 4) is 5.75 Å². The predicted molar refractivity (Wildman–Crippen MR) is 85.8 cm³/mol. The maximum absolute atomic E-state index is 12.6. The fraction of sp³-hybridized carbons (Fsp3) is 0.571. The molecular weight excluding hydrogens is 290 g/mol. The van der Waals surface area contributed by atoms with E-state index in [0.717, 1.165) is 0 Å². The van der Waals surface area contributed by atoms with Gasteiger partial charge in [0.1, 0.15) is 5.75 Å². The van der Waals surface area contributed by atoms with E-state index in [1.165, 1.54) is 4.31 Å². The molecule has 0 aliphatic rings. The average Bonchev–Trinajstić information content (AvgIpc) is 2.36. The van der Waals surface area contributed by atoms with Crippen molar-refractivity contribution in [3.63, 3.8) is 0 Å². The molecule has 3 N–H and O–H groups in total. The summed E-state index contributed by atoms with van der Waals surface area (Å²) in [5.41, 5.74) is 5.51. The van der Waals surface area contributed by atoms with Gasteiger partial charge in [-0.2, -0.15) is 13.1 Å². The highest BCUT2D eigenvalue weighted by molar-refractivity contribution is 7.90. The number of ether oxygens (including phenoxy) is 1. The fourth-order valence-corrected chi connectivity index (χ4v) is 3.48. The lowest BCUT2D eigenvalue weighted by atomic mass is 10.1. The van der Waals surface area contributed by atoms with Crippen LogP contribution in [0, 0.1) is 0 Å². The third-order valence-electron chi connectivity index (χ3n) is 2.63. The minimum atomic E-state index is -3.66. The Bertz CT molecular complexity index is 553. The molecule has 0 spiro atoms. The normalized spacial score (nSPS) is 12.2. The van der Waals surface area contributed by atoms with Crippen LogP contribution < -0.4 is 19.5 Å². The van der Waals surface area contributed by atoms with Crippen LogP contribution in [-0.4, -0.2) is 34.2 Å². The van der Waals surface area contributed by atoms with Gasteiger partial charge in [0.15, 0.2) is 0 Å². The number of methoxy groups -OCH3 is 1. The summed E-state index contributed by atoms with van der Waals surface area (Å²) in [6.07, 6.45) is 0.572. The maximum atomic E-state index is 12.6. The van der Waals surface area contributed by atoms with Crippen molar-refractivity contribution in [2.75, 3.05) is 24.5 Å². The summed E-state index contributed by atoms with van der Waals surface area (Å²) in [5, 5.41) is 0. The molecule has 0 saturated carbocycles. The monoisotopic (exact) mass is 315 g/mol. The fourth-order valence-electron chi connectivity index (χ4n) is 1.83. The van der Waals surface area contributed by atoms with E-state index in [1.807, 2.05) is 0 Å². The number of hydrogen-bond acceptors (Lipinski definition) is 4. The van der Waals surface area contributed by atoms with Crippen molar-refractivity contribution in [3.05, 3.63) is 24.3 Å². The molecule has 1 aromatic carbocycles. The van der Waals surface area contributed by atoms with Crippen LogP contribution in [0.25, 0.3) is 0 Å². The first-order valence-electron chi connectivity index (χ1n) is 6.85. The maximum Gasteiger partial charge on any atom is 0.302 e. The van der Waals surface area contributed by atoms with Crippen LogP contribution in [0.3, 0.4) is 0 Å². The molecule has 0 radical (unpaired) electrons. The minimum absolute atomic E-state index is 0.315. The molecule has 21 heavy (non-hydrogen) atoms. The van der Waals surface area contributed by atoms with Crippen LogP contribution in [0.1, 0.15) is 27.2 Å². The zero-order valence-corrected chi connectivity index (χ0v) is 13.9. The van der Waals surface area contributed by atoms with E-state index in [0.29, 0.717) is 30.9 Å². The van der Waals surface area contributed by atoms with Crippen LogP contribution >= 0.6 is 0 Å². The van der Waals surface area contributed by atoms with Gasteiger partial charge in [-0.1, -0.05) is 6.07 Å². The summed E-state index contributed by atoms with van der Waals surface area (Å²) in [4.78, 5) is 0. The second-order valence-electron chi connectivity index (χ2n) is 5.77. The Morgan fingerprint density at radius 2 is 2.00 bits per heavy atom. The van der Waals surface area contributed by atoms with Crippen molar-refractivity contribution >= 4 is 15.9 Å². The van der Waals surface area contributed by atoms with Crippen LogP contribution in [0.2, 0.25) is 0 Å². The van der Waals surface area contributed by atoms with Gasteiger partial charge in [0, 0.05) is 18.2 Å². The molecule has 1 aromatic rings. The summed E-state index contributed by atoms with van der Waals surface area (Å²) in [6.45, 7) is 6.15. The molecule has 0 amide bonds. The number of hydrogen-bond donors (Lipinski definition) is 2. The molecule has 1 rings (SSSR count). The number of benzene rings is 1. The smallest absolute Gasteiger partial charge is 0.302 e. The Hall–Kier alpha value is -1.31. The number of anilines is 1. The van der Waals surface area contributed by atoms with Gasteiger partial charge in [0.25, 0.3) is 0 Å². The van der Waals surface area contributed by atoms with E-state index in [1.54, 1.807) is 52.1 Å². The highest BCUT2D eigenvalue weighted by Gasteiger charge is 2.27. The molecule has 0 atom stereocenters. The van der Waals surface area contributed by atoms with Gasteiger partial charge in [-0.15, -0.1) is 0 Å². The van der Waals surface area contributed by atoms with E-state index in [9.17, 15) is 8.42 Å². The molecule has 120 valence electrons. The highest BCUT2D eigenvalue weighted by Crippen LogP contribution is 2.24. The molecule has 7 heteroatoms. The average molecular weight is 315 g/mol. The second-order valence-corrected chi connectivity index (χ2v) is 7.37. The number of nitrogens with zero attached hydrogens (tertiary/aromatic N) is 1. The Morgan fingerprint density at radius 3 is 2.52 bits per heavy atom. The van der Waals surface area contributed by atoms with Gasteiger partial charge in [-0.25, -0.2) is 0 Å². The summed E-state index contributed by atoms with van der Waals surface area (Å²) in [7, 11) is -2.11. The van der Waals surface area contributed by atoms with Crippen LogP contribution in [-0.2, 0) is 10.2 Å².